The second kappa shape index (κ2) is 7.23. The lowest BCUT2D eigenvalue weighted by Crippen LogP contribution is -2.32. The van der Waals surface area contributed by atoms with Crippen LogP contribution in [0.5, 0.6) is 5.75 Å². The maximum absolute atomic E-state index is 12.2. The van der Waals surface area contributed by atoms with E-state index >= 15 is 0 Å². The van der Waals surface area contributed by atoms with Crippen molar-refractivity contribution in [3.05, 3.63) is 35.7 Å². The first-order chi connectivity index (χ1) is 12.0. The highest BCUT2D eigenvalue weighted by molar-refractivity contribution is 7.22. The zero-order chi connectivity index (χ0) is 18.0. The molecule has 0 aliphatic heterocycles. The quantitative estimate of drug-likeness (QED) is 0.676. The molecule has 0 N–H and O–H groups in total. The number of anilines is 1. The summed E-state index contributed by atoms with van der Waals surface area (Å²) in [5.74, 6) is 0.725. The van der Waals surface area contributed by atoms with E-state index in [0.29, 0.717) is 24.8 Å². The molecule has 0 fully saturated rings. The predicted octanol–water partition coefficient (Wildman–Crippen LogP) is 3.56. The number of rotatable bonds is 6. The van der Waals surface area contributed by atoms with Gasteiger partial charge in [0.05, 0.1) is 23.5 Å². The second-order valence-electron chi connectivity index (χ2n) is 5.85. The summed E-state index contributed by atoms with van der Waals surface area (Å²) >= 11 is 1.50. The molecule has 0 saturated carbocycles. The molecule has 132 valence electrons. The standard InChI is InChI=1S/C18H22N4O2S/c1-5-24-15-7-6-8-16-17(15)19-18(25-16)21(14(4)23)9-10-22-13(3)11-12(2)20-22/h6-8,11H,5,9-10H2,1-4H3. The third-order valence-corrected chi connectivity index (χ3v) is 4.96. The summed E-state index contributed by atoms with van der Waals surface area (Å²) in [6, 6.07) is 7.88. The van der Waals surface area contributed by atoms with Gasteiger partial charge >= 0.3 is 0 Å². The molecule has 7 heteroatoms. The minimum absolute atomic E-state index is 0.0291. The topological polar surface area (TPSA) is 60.2 Å². The molecule has 0 unspecified atom stereocenters. The van der Waals surface area contributed by atoms with Gasteiger partial charge in [0.2, 0.25) is 5.91 Å². The predicted molar refractivity (Wildman–Crippen MR) is 101 cm³/mol. The summed E-state index contributed by atoms with van der Waals surface area (Å²) in [5.41, 5.74) is 2.87. The molecule has 0 bridgehead atoms. The van der Waals surface area contributed by atoms with Gasteiger partial charge in [0.1, 0.15) is 11.3 Å². The number of amides is 1. The molecule has 1 aromatic carbocycles. The van der Waals surface area contributed by atoms with Crippen LogP contribution in [0.15, 0.2) is 24.3 Å². The fraction of sp³-hybridized carbons (Fsp3) is 0.389. The van der Waals surface area contributed by atoms with Gasteiger partial charge in [0.25, 0.3) is 0 Å². The van der Waals surface area contributed by atoms with Crippen molar-refractivity contribution in [2.75, 3.05) is 18.1 Å². The Morgan fingerprint density at radius 2 is 2.16 bits per heavy atom. The van der Waals surface area contributed by atoms with Crippen molar-refractivity contribution >= 4 is 32.6 Å². The fourth-order valence-corrected chi connectivity index (χ4v) is 3.84. The molecule has 25 heavy (non-hydrogen) atoms. The van der Waals surface area contributed by atoms with E-state index in [1.54, 1.807) is 11.8 Å². The minimum Gasteiger partial charge on any atom is -0.492 e. The Labute approximate surface area is 151 Å². The summed E-state index contributed by atoms with van der Waals surface area (Å²) in [6.45, 7) is 9.24. The van der Waals surface area contributed by atoms with E-state index in [1.165, 1.54) is 11.3 Å². The van der Waals surface area contributed by atoms with Crippen LogP contribution in [-0.2, 0) is 11.3 Å². The number of nitrogens with zero attached hydrogens (tertiary/aromatic N) is 4. The molecular weight excluding hydrogens is 336 g/mol. The molecule has 2 heterocycles. The molecule has 0 saturated heterocycles. The number of aryl methyl sites for hydroxylation is 2. The first kappa shape index (κ1) is 17.4. The Kier molecular flexibility index (Phi) is 5.03. The average molecular weight is 358 g/mol. The van der Waals surface area contributed by atoms with Crippen LogP contribution in [0.4, 0.5) is 5.13 Å². The van der Waals surface area contributed by atoms with E-state index < -0.39 is 0 Å². The average Bonchev–Trinajstić information content (AvgIpc) is 3.11. The maximum atomic E-state index is 12.2. The monoisotopic (exact) mass is 358 g/mol. The fourth-order valence-electron chi connectivity index (χ4n) is 2.78. The van der Waals surface area contributed by atoms with Crippen LogP contribution in [-0.4, -0.2) is 33.8 Å². The molecule has 0 aliphatic carbocycles. The van der Waals surface area contributed by atoms with Gasteiger partial charge in [-0.3, -0.25) is 14.4 Å². The third-order valence-electron chi connectivity index (χ3n) is 3.92. The first-order valence-electron chi connectivity index (χ1n) is 8.31. The molecule has 3 aromatic rings. The minimum atomic E-state index is -0.0291. The number of carbonyl (C=O) groups is 1. The molecule has 3 rings (SSSR count). The van der Waals surface area contributed by atoms with Gasteiger partial charge in [-0.05, 0) is 39.0 Å². The van der Waals surface area contributed by atoms with E-state index in [2.05, 4.69) is 10.1 Å². The van der Waals surface area contributed by atoms with Crippen molar-refractivity contribution in [3.63, 3.8) is 0 Å². The second-order valence-corrected chi connectivity index (χ2v) is 6.86. The van der Waals surface area contributed by atoms with E-state index in [-0.39, 0.29) is 5.91 Å². The van der Waals surface area contributed by atoms with Crippen LogP contribution in [0, 0.1) is 13.8 Å². The van der Waals surface area contributed by atoms with Crippen LogP contribution in [0.3, 0.4) is 0 Å². The highest BCUT2D eigenvalue weighted by Crippen LogP contribution is 2.34. The number of fused-ring (bicyclic) bond motifs is 1. The van der Waals surface area contributed by atoms with Crippen molar-refractivity contribution in [1.29, 1.82) is 0 Å². The highest BCUT2D eigenvalue weighted by atomic mass is 32.1. The molecule has 0 spiro atoms. The van der Waals surface area contributed by atoms with Crippen molar-refractivity contribution in [2.45, 2.75) is 34.2 Å². The Morgan fingerprint density at radius 3 is 2.80 bits per heavy atom. The smallest absolute Gasteiger partial charge is 0.225 e. The van der Waals surface area contributed by atoms with Gasteiger partial charge in [0, 0.05) is 19.2 Å². The van der Waals surface area contributed by atoms with Gasteiger partial charge in [-0.1, -0.05) is 17.4 Å². The van der Waals surface area contributed by atoms with Gasteiger partial charge in [-0.25, -0.2) is 4.98 Å². The van der Waals surface area contributed by atoms with Crippen LogP contribution in [0.25, 0.3) is 10.2 Å². The summed E-state index contributed by atoms with van der Waals surface area (Å²) < 4.78 is 8.58. The molecule has 6 nitrogen and oxygen atoms in total. The van der Waals surface area contributed by atoms with Gasteiger partial charge in [0.15, 0.2) is 5.13 Å². The number of thiazole rings is 1. The van der Waals surface area contributed by atoms with Crippen LogP contribution >= 0.6 is 11.3 Å². The zero-order valence-electron chi connectivity index (χ0n) is 14.9. The van der Waals surface area contributed by atoms with Crippen LogP contribution in [0.2, 0.25) is 0 Å². The van der Waals surface area contributed by atoms with Gasteiger partial charge in [-0.15, -0.1) is 0 Å². The summed E-state index contributed by atoms with van der Waals surface area (Å²) in [4.78, 5) is 18.5. The SMILES string of the molecule is CCOc1cccc2sc(N(CCn3nc(C)cc3C)C(C)=O)nc12. The normalized spacial score (nSPS) is 11.0. The summed E-state index contributed by atoms with van der Waals surface area (Å²) in [5, 5.41) is 5.15. The van der Waals surface area contributed by atoms with E-state index in [9.17, 15) is 4.79 Å². The molecule has 0 aliphatic rings. The van der Waals surface area contributed by atoms with E-state index in [0.717, 1.165) is 27.4 Å². The van der Waals surface area contributed by atoms with Crippen molar-refractivity contribution < 1.29 is 9.53 Å². The third kappa shape index (κ3) is 3.66. The van der Waals surface area contributed by atoms with Crippen LogP contribution in [0.1, 0.15) is 25.2 Å². The lowest BCUT2D eigenvalue weighted by atomic mass is 10.3. The zero-order valence-corrected chi connectivity index (χ0v) is 15.8. The van der Waals surface area contributed by atoms with Gasteiger partial charge < -0.3 is 4.74 Å². The molecule has 0 radical (unpaired) electrons. The number of carbonyl (C=O) groups excluding carboxylic acids is 1. The summed E-state index contributed by atoms with van der Waals surface area (Å²) in [6.07, 6.45) is 0. The molecule has 1 amide bonds. The lowest BCUT2D eigenvalue weighted by molar-refractivity contribution is -0.116. The summed E-state index contributed by atoms with van der Waals surface area (Å²) in [7, 11) is 0. The van der Waals surface area contributed by atoms with E-state index in [1.807, 2.05) is 49.7 Å². The Morgan fingerprint density at radius 1 is 1.36 bits per heavy atom. The molecule has 2 aromatic heterocycles. The highest BCUT2D eigenvalue weighted by Gasteiger charge is 2.18. The van der Waals surface area contributed by atoms with Crippen LogP contribution < -0.4 is 9.64 Å². The Hall–Kier alpha value is -2.41. The first-order valence-corrected chi connectivity index (χ1v) is 9.12. The number of hydrogen-bond acceptors (Lipinski definition) is 5. The molecular formula is C18H22N4O2S. The Bertz CT molecular complexity index is 900. The largest absolute Gasteiger partial charge is 0.492 e. The number of ether oxygens (including phenoxy) is 1. The maximum Gasteiger partial charge on any atom is 0.225 e. The number of para-hydroxylation sites is 1. The van der Waals surface area contributed by atoms with Crippen molar-refractivity contribution in [1.82, 2.24) is 14.8 Å². The molecule has 0 atom stereocenters. The van der Waals surface area contributed by atoms with Crippen molar-refractivity contribution in [2.24, 2.45) is 0 Å². The van der Waals surface area contributed by atoms with E-state index in [4.69, 9.17) is 4.74 Å². The Balaban J connectivity index is 1.87. The van der Waals surface area contributed by atoms with Gasteiger partial charge in [-0.2, -0.15) is 5.10 Å². The van der Waals surface area contributed by atoms with Crippen molar-refractivity contribution in [3.8, 4) is 5.75 Å². The number of benzene rings is 1. The lowest BCUT2D eigenvalue weighted by Gasteiger charge is -2.18. The number of aromatic nitrogens is 3. The number of hydrogen-bond donors (Lipinski definition) is 0.